The van der Waals surface area contributed by atoms with E-state index >= 15 is 0 Å². The molecule has 1 amide bonds. The van der Waals surface area contributed by atoms with Gasteiger partial charge in [-0.05, 0) is 27.4 Å². The van der Waals surface area contributed by atoms with Crippen molar-refractivity contribution in [2.45, 2.75) is 0 Å². The minimum atomic E-state index is -0.0829. The van der Waals surface area contributed by atoms with Crippen molar-refractivity contribution in [2.75, 3.05) is 13.2 Å². The number of carbonyl (C=O) groups excluding carboxylic acids is 2. The van der Waals surface area contributed by atoms with Crippen molar-refractivity contribution in [1.82, 2.24) is 5.32 Å². The second-order valence-electron chi connectivity index (χ2n) is 2.86. The summed E-state index contributed by atoms with van der Waals surface area (Å²) in [4.78, 5) is 22.5. The Labute approximate surface area is 98.5 Å². The molecule has 1 unspecified atom stereocenters. The highest BCUT2D eigenvalue weighted by molar-refractivity contribution is 9.10. The van der Waals surface area contributed by atoms with Gasteiger partial charge in [0.2, 0.25) is 5.65 Å². The lowest BCUT2D eigenvalue weighted by Gasteiger charge is -2.02. The lowest BCUT2D eigenvalue weighted by atomic mass is 10.1. The molecule has 0 aromatic heterocycles. The number of rotatable bonds is 4. The highest BCUT2D eigenvalue weighted by Gasteiger charge is 2.06. The Morgan fingerprint density at radius 2 is 1.93 bits per heavy atom. The van der Waals surface area contributed by atoms with Crippen molar-refractivity contribution < 1.29 is 9.59 Å². The van der Waals surface area contributed by atoms with E-state index in [0.29, 0.717) is 5.56 Å². The van der Waals surface area contributed by atoms with E-state index in [1.165, 1.54) is 0 Å². The molecule has 1 N–H and O–H groups in total. The summed E-state index contributed by atoms with van der Waals surface area (Å²) in [5.74, 6) is -0.0749. The molecule has 1 rings (SSSR count). The summed E-state index contributed by atoms with van der Waals surface area (Å²) in [5, 5.41) is 2.56. The molecule has 1 aromatic carbocycles. The SMILES string of the molecule is CPC(=O)NCC(=O)c1ccc(Br)cc1. The van der Waals surface area contributed by atoms with Crippen molar-refractivity contribution in [1.29, 1.82) is 0 Å². The van der Waals surface area contributed by atoms with Gasteiger partial charge in [0.25, 0.3) is 0 Å². The van der Waals surface area contributed by atoms with Gasteiger partial charge in [0.15, 0.2) is 5.78 Å². The summed E-state index contributed by atoms with van der Waals surface area (Å²) >= 11 is 3.29. The number of amides is 1. The summed E-state index contributed by atoms with van der Waals surface area (Å²) in [6.45, 7) is 1.85. The lowest BCUT2D eigenvalue weighted by Crippen LogP contribution is -2.25. The fourth-order valence-electron chi connectivity index (χ4n) is 0.987. The molecule has 1 aromatic rings. The van der Waals surface area contributed by atoms with E-state index < -0.39 is 0 Å². The molecule has 15 heavy (non-hydrogen) atoms. The van der Waals surface area contributed by atoms with E-state index in [1.54, 1.807) is 30.9 Å². The predicted octanol–water partition coefficient (Wildman–Crippen LogP) is 2.65. The fraction of sp³-hybridized carbons (Fsp3) is 0.200. The number of benzene rings is 1. The number of nitrogens with one attached hydrogen (secondary N) is 1. The molecule has 1 atom stereocenters. The minimum Gasteiger partial charge on any atom is -0.345 e. The molecule has 0 saturated heterocycles. The Morgan fingerprint density at radius 3 is 2.47 bits per heavy atom. The number of Topliss-reactive ketones (excluding diaryl/α,β-unsaturated/α-hetero) is 1. The Kier molecular flexibility index (Phi) is 4.92. The standard InChI is InChI=1S/C10H11BrNO2P/c1-15-10(14)12-6-9(13)7-2-4-8(11)5-3-7/h2-5,15H,6H2,1H3,(H,12,14). The molecular weight excluding hydrogens is 277 g/mol. The number of hydrogen-bond donors (Lipinski definition) is 1. The monoisotopic (exact) mass is 287 g/mol. The normalized spacial score (nSPS) is 10.5. The zero-order valence-electron chi connectivity index (χ0n) is 8.21. The van der Waals surface area contributed by atoms with Gasteiger partial charge in [-0.25, -0.2) is 0 Å². The molecule has 0 fully saturated rings. The van der Waals surface area contributed by atoms with Gasteiger partial charge in [0, 0.05) is 10.0 Å². The predicted molar refractivity (Wildman–Crippen MR) is 66.1 cm³/mol. The maximum Gasteiger partial charge on any atom is 0.237 e. The smallest absolute Gasteiger partial charge is 0.237 e. The van der Waals surface area contributed by atoms with Crippen molar-refractivity contribution in [3.05, 3.63) is 34.3 Å². The highest BCUT2D eigenvalue weighted by Crippen LogP contribution is 2.11. The van der Waals surface area contributed by atoms with Gasteiger partial charge in [0.05, 0.1) is 6.54 Å². The van der Waals surface area contributed by atoms with Crippen LogP contribution in [0.2, 0.25) is 0 Å². The zero-order chi connectivity index (χ0) is 11.3. The number of carbonyl (C=O) groups is 2. The average molecular weight is 288 g/mol. The lowest BCUT2D eigenvalue weighted by molar-refractivity contribution is 0.0994. The maximum absolute atomic E-state index is 11.5. The Morgan fingerprint density at radius 1 is 1.33 bits per heavy atom. The van der Waals surface area contributed by atoms with Crippen LogP contribution in [0.25, 0.3) is 0 Å². The van der Waals surface area contributed by atoms with Crippen LogP contribution in [0.4, 0.5) is 4.79 Å². The molecule has 0 bridgehead atoms. The van der Waals surface area contributed by atoms with Gasteiger partial charge in [-0.3, -0.25) is 9.59 Å². The highest BCUT2D eigenvalue weighted by atomic mass is 79.9. The molecule has 0 aliphatic rings. The molecule has 0 aliphatic carbocycles. The van der Waals surface area contributed by atoms with E-state index in [-0.39, 0.29) is 26.6 Å². The molecule has 0 aliphatic heterocycles. The van der Waals surface area contributed by atoms with Gasteiger partial charge in [-0.2, -0.15) is 0 Å². The molecule has 0 spiro atoms. The van der Waals surface area contributed by atoms with Crippen molar-refractivity contribution in [3.8, 4) is 0 Å². The third-order valence-electron chi connectivity index (χ3n) is 1.80. The van der Waals surface area contributed by atoms with Crippen LogP contribution in [-0.2, 0) is 0 Å². The van der Waals surface area contributed by atoms with Crippen LogP contribution in [0, 0.1) is 0 Å². The first-order chi connectivity index (χ1) is 7.13. The fourth-order valence-corrected chi connectivity index (χ4v) is 1.52. The number of ketones is 1. The van der Waals surface area contributed by atoms with Crippen molar-refractivity contribution in [3.63, 3.8) is 0 Å². The molecule has 0 heterocycles. The topological polar surface area (TPSA) is 46.2 Å². The van der Waals surface area contributed by atoms with Crippen LogP contribution in [0.3, 0.4) is 0 Å². The molecule has 3 nitrogen and oxygen atoms in total. The quantitative estimate of drug-likeness (QED) is 0.684. The Bertz CT molecular complexity index is 364. The van der Waals surface area contributed by atoms with Gasteiger partial charge in [0.1, 0.15) is 0 Å². The van der Waals surface area contributed by atoms with Crippen LogP contribution in [0.1, 0.15) is 10.4 Å². The van der Waals surface area contributed by atoms with E-state index in [9.17, 15) is 9.59 Å². The molecule has 0 saturated carbocycles. The first kappa shape index (κ1) is 12.3. The second kappa shape index (κ2) is 5.99. The Balaban J connectivity index is 2.54. The van der Waals surface area contributed by atoms with Gasteiger partial charge < -0.3 is 5.32 Å². The summed E-state index contributed by atoms with van der Waals surface area (Å²) in [5.41, 5.74) is 0.526. The number of hydrogen-bond acceptors (Lipinski definition) is 2. The first-order valence-electron chi connectivity index (χ1n) is 4.38. The van der Waals surface area contributed by atoms with E-state index in [0.717, 1.165) is 4.47 Å². The van der Waals surface area contributed by atoms with Crippen LogP contribution in [0.15, 0.2) is 28.7 Å². The summed E-state index contributed by atoms with van der Waals surface area (Å²) in [6.07, 6.45) is 0. The third-order valence-corrected chi connectivity index (χ3v) is 2.96. The van der Waals surface area contributed by atoms with E-state index in [2.05, 4.69) is 21.2 Å². The first-order valence-corrected chi connectivity index (χ1v) is 6.67. The Hall–Kier alpha value is -0.730. The summed E-state index contributed by atoms with van der Waals surface area (Å²) in [6, 6.07) is 7.06. The average Bonchev–Trinajstić information content (AvgIpc) is 2.26. The van der Waals surface area contributed by atoms with E-state index in [4.69, 9.17) is 0 Å². The van der Waals surface area contributed by atoms with Gasteiger partial charge >= 0.3 is 0 Å². The van der Waals surface area contributed by atoms with Crippen LogP contribution < -0.4 is 5.32 Å². The second-order valence-corrected chi connectivity index (χ2v) is 4.73. The molecule has 0 radical (unpaired) electrons. The summed E-state index contributed by atoms with van der Waals surface area (Å²) < 4.78 is 0.929. The summed E-state index contributed by atoms with van der Waals surface area (Å²) in [7, 11) is 0.177. The third kappa shape index (κ3) is 4.10. The van der Waals surface area contributed by atoms with Crippen LogP contribution in [0.5, 0.6) is 0 Å². The largest absolute Gasteiger partial charge is 0.345 e. The van der Waals surface area contributed by atoms with Crippen molar-refractivity contribution >= 4 is 35.9 Å². The minimum absolute atomic E-state index is 0.0707. The van der Waals surface area contributed by atoms with Crippen LogP contribution >= 0.6 is 24.5 Å². The van der Waals surface area contributed by atoms with Crippen LogP contribution in [-0.4, -0.2) is 24.6 Å². The molecule has 80 valence electrons. The van der Waals surface area contributed by atoms with E-state index in [1.807, 2.05) is 0 Å². The van der Waals surface area contributed by atoms with Crippen molar-refractivity contribution in [2.24, 2.45) is 0 Å². The zero-order valence-corrected chi connectivity index (χ0v) is 10.8. The number of halogens is 1. The van der Waals surface area contributed by atoms with Gasteiger partial charge in [-0.15, -0.1) is 0 Å². The molecular formula is C10H11BrNO2P. The maximum atomic E-state index is 11.5. The van der Waals surface area contributed by atoms with Gasteiger partial charge in [-0.1, -0.05) is 28.1 Å². The molecule has 5 heteroatoms.